The molecule has 0 unspecified atom stereocenters. The lowest BCUT2D eigenvalue weighted by atomic mass is 10.1. The molecule has 0 fully saturated rings. The van der Waals surface area contributed by atoms with E-state index in [1.807, 2.05) is 61.5 Å². The van der Waals surface area contributed by atoms with E-state index in [1.54, 1.807) is 12.3 Å². The van der Waals surface area contributed by atoms with Crippen LogP contribution in [0.15, 0.2) is 84.0 Å². The zero-order chi connectivity index (χ0) is 24.2. The summed E-state index contributed by atoms with van der Waals surface area (Å²) >= 11 is 10.4. The van der Waals surface area contributed by atoms with Gasteiger partial charge in [-0.3, -0.25) is 4.79 Å². The molecular weight excluding hydrogens is 626 g/mol. The zero-order valence-corrected chi connectivity index (χ0v) is 23.4. The average molecular weight is 648 g/mol. The highest BCUT2D eigenvalue weighted by molar-refractivity contribution is 9.11. The van der Waals surface area contributed by atoms with Gasteiger partial charge in [0.25, 0.3) is 5.56 Å². The monoisotopic (exact) mass is 645 g/mol. The van der Waals surface area contributed by atoms with Gasteiger partial charge >= 0.3 is 0 Å². The Morgan fingerprint density at radius 3 is 2.41 bits per heavy atom. The van der Waals surface area contributed by atoms with Crippen molar-refractivity contribution in [3.63, 3.8) is 0 Å². The SMILES string of the molecule is CC[C@H](C)c1nc2ccc(Br)cc2c(=O)n1N=Cc1cc(Br)ccc1OCc1ccc(Br)cc1. The van der Waals surface area contributed by atoms with Crippen molar-refractivity contribution in [2.75, 3.05) is 0 Å². The van der Waals surface area contributed by atoms with E-state index in [-0.39, 0.29) is 11.5 Å². The maximum Gasteiger partial charge on any atom is 0.282 e. The van der Waals surface area contributed by atoms with Crippen LogP contribution in [0.25, 0.3) is 10.9 Å². The van der Waals surface area contributed by atoms with Crippen LogP contribution in [0.2, 0.25) is 0 Å². The van der Waals surface area contributed by atoms with E-state index in [0.717, 1.165) is 31.0 Å². The van der Waals surface area contributed by atoms with Gasteiger partial charge in [0, 0.05) is 24.9 Å². The van der Waals surface area contributed by atoms with Gasteiger partial charge in [0.1, 0.15) is 18.2 Å². The molecule has 0 aliphatic heterocycles. The molecule has 0 saturated carbocycles. The van der Waals surface area contributed by atoms with Crippen molar-refractivity contribution in [2.24, 2.45) is 5.10 Å². The van der Waals surface area contributed by atoms with Crippen molar-refractivity contribution in [1.82, 2.24) is 9.66 Å². The molecule has 8 heteroatoms. The third-order valence-corrected chi connectivity index (χ3v) is 6.99. The molecule has 0 bridgehead atoms. The lowest BCUT2D eigenvalue weighted by Crippen LogP contribution is -2.23. The van der Waals surface area contributed by atoms with Crippen LogP contribution in [0.5, 0.6) is 5.75 Å². The Morgan fingerprint density at radius 2 is 1.68 bits per heavy atom. The van der Waals surface area contributed by atoms with Crippen LogP contribution in [0, 0.1) is 0 Å². The highest BCUT2D eigenvalue weighted by Gasteiger charge is 2.16. The maximum absolute atomic E-state index is 13.4. The molecule has 1 heterocycles. The summed E-state index contributed by atoms with van der Waals surface area (Å²) in [6, 6.07) is 19.2. The van der Waals surface area contributed by atoms with Crippen molar-refractivity contribution in [3.8, 4) is 5.75 Å². The summed E-state index contributed by atoms with van der Waals surface area (Å²) in [4.78, 5) is 18.1. The van der Waals surface area contributed by atoms with Gasteiger partial charge in [0.2, 0.25) is 0 Å². The molecule has 4 rings (SSSR count). The molecule has 174 valence electrons. The quantitative estimate of drug-likeness (QED) is 0.194. The third-order valence-electron chi connectivity index (χ3n) is 5.48. The standard InChI is InChI=1S/C26H22Br3N3O2/c1-3-16(2)25-31-23-10-8-21(29)13-22(23)26(33)32(25)30-14-18-12-20(28)9-11-24(18)34-15-17-4-6-19(27)7-5-17/h4-14,16H,3,15H2,1-2H3/t16-/m0/s1. The normalized spacial score (nSPS) is 12.4. The van der Waals surface area contributed by atoms with Gasteiger partial charge in [0.05, 0.1) is 17.1 Å². The van der Waals surface area contributed by atoms with E-state index in [1.165, 1.54) is 4.68 Å². The van der Waals surface area contributed by atoms with E-state index in [9.17, 15) is 4.79 Å². The highest BCUT2D eigenvalue weighted by atomic mass is 79.9. The first kappa shape index (κ1) is 24.8. The third kappa shape index (κ3) is 5.67. The molecule has 3 aromatic carbocycles. The Morgan fingerprint density at radius 1 is 1.00 bits per heavy atom. The number of fused-ring (bicyclic) bond motifs is 1. The molecule has 1 aromatic heterocycles. The number of aromatic nitrogens is 2. The minimum absolute atomic E-state index is 0.0635. The van der Waals surface area contributed by atoms with Crippen LogP contribution >= 0.6 is 47.8 Å². The Bertz CT molecular complexity index is 1420. The van der Waals surface area contributed by atoms with E-state index in [2.05, 4.69) is 59.8 Å². The molecule has 0 aliphatic rings. The van der Waals surface area contributed by atoms with Crippen molar-refractivity contribution in [1.29, 1.82) is 0 Å². The number of rotatable bonds is 7. The summed E-state index contributed by atoms with van der Waals surface area (Å²) in [6.45, 7) is 4.53. The van der Waals surface area contributed by atoms with Gasteiger partial charge in [-0.25, -0.2) is 4.98 Å². The molecule has 0 aliphatic carbocycles. The summed E-state index contributed by atoms with van der Waals surface area (Å²) in [5.74, 6) is 1.36. The van der Waals surface area contributed by atoms with Crippen molar-refractivity contribution in [2.45, 2.75) is 32.8 Å². The molecule has 0 N–H and O–H groups in total. The second-order valence-corrected chi connectivity index (χ2v) is 10.6. The van der Waals surface area contributed by atoms with Gasteiger partial charge in [0.15, 0.2) is 0 Å². The summed E-state index contributed by atoms with van der Waals surface area (Å²) in [6.07, 6.45) is 2.49. The fourth-order valence-electron chi connectivity index (χ4n) is 3.39. The first-order chi connectivity index (χ1) is 16.4. The average Bonchev–Trinajstić information content (AvgIpc) is 2.83. The number of hydrogen-bond acceptors (Lipinski definition) is 4. The first-order valence-electron chi connectivity index (χ1n) is 10.8. The van der Waals surface area contributed by atoms with Gasteiger partial charge in [-0.1, -0.05) is 73.8 Å². The van der Waals surface area contributed by atoms with E-state index in [0.29, 0.717) is 29.1 Å². The summed E-state index contributed by atoms with van der Waals surface area (Å²) in [5, 5.41) is 5.10. The van der Waals surface area contributed by atoms with Gasteiger partial charge in [-0.05, 0) is 60.5 Å². The van der Waals surface area contributed by atoms with Crippen LogP contribution in [-0.4, -0.2) is 15.9 Å². The predicted octanol–water partition coefficient (Wildman–Crippen LogP) is 7.66. The van der Waals surface area contributed by atoms with E-state index >= 15 is 0 Å². The molecule has 0 amide bonds. The Balaban J connectivity index is 1.73. The molecule has 34 heavy (non-hydrogen) atoms. The highest BCUT2D eigenvalue weighted by Crippen LogP contribution is 2.24. The van der Waals surface area contributed by atoms with Crippen LogP contribution in [0.4, 0.5) is 0 Å². The topological polar surface area (TPSA) is 56.5 Å². The van der Waals surface area contributed by atoms with Crippen molar-refractivity contribution < 1.29 is 4.74 Å². The Hall–Kier alpha value is -2.29. The Kier molecular flexibility index (Phi) is 8.01. The smallest absolute Gasteiger partial charge is 0.282 e. The number of hydrogen-bond donors (Lipinski definition) is 0. The van der Waals surface area contributed by atoms with Gasteiger partial charge in [-0.15, -0.1) is 0 Å². The molecule has 0 saturated heterocycles. The largest absolute Gasteiger partial charge is 0.488 e. The number of nitrogens with zero attached hydrogens (tertiary/aromatic N) is 3. The summed E-state index contributed by atoms with van der Waals surface area (Å²) in [7, 11) is 0. The number of ether oxygens (including phenoxy) is 1. The fourth-order valence-corrected chi connectivity index (χ4v) is 4.40. The van der Waals surface area contributed by atoms with E-state index in [4.69, 9.17) is 9.72 Å². The lowest BCUT2D eigenvalue weighted by Gasteiger charge is -2.14. The zero-order valence-electron chi connectivity index (χ0n) is 18.6. The molecule has 4 aromatic rings. The molecule has 5 nitrogen and oxygen atoms in total. The lowest BCUT2D eigenvalue weighted by molar-refractivity contribution is 0.305. The van der Waals surface area contributed by atoms with E-state index < -0.39 is 0 Å². The van der Waals surface area contributed by atoms with Crippen LogP contribution < -0.4 is 10.3 Å². The minimum atomic E-state index is -0.204. The van der Waals surface area contributed by atoms with Gasteiger partial charge < -0.3 is 4.74 Å². The second kappa shape index (κ2) is 11.0. The molecule has 1 atom stereocenters. The van der Waals surface area contributed by atoms with Crippen LogP contribution in [0.3, 0.4) is 0 Å². The van der Waals surface area contributed by atoms with Crippen molar-refractivity contribution >= 4 is 64.9 Å². The number of benzene rings is 3. The Labute approximate surface area is 223 Å². The van der Waals surface area contributed by atoms with Gasteiger partial charge in [-0.2, -0.15) is 9.78 Å². The van der Waals surface area contributed by atoms with Crippen LogP contribution in [-0.2, 0) is 6.61 Å². The van der Waals surface area contributed by atoms with Crippen LogP contribution in [0.1, 0.15) is 43.1 Å². The minimum Gasteiger partial charge on any atom is -0.488 e. The number of halogens is 3. The maximum atomic E-state index is 13.4. The summed E-state index contributed by atoms with van der Waals surface area (Å²) < 4.78 is 10.2. The summed E-state index contributed by atoms with van der Waals surface area (Å²) in [5.41, 5.74) is 2.26. The molecular formula is C26H22Br3N3O2. The first-order valence-corrected chi connectivity index (χ1v) is 13.2. The fraction of sp³-hybridized carbons (Fsp3) is 0.192. The van der Waals surface area contributed by atoms with Crippen molar-refractivity contribution in [3.05, 3.63) is 101 Å². The predicted molar refractivity (Wildman–Crippen MR) is 148 cm³/mol. The molecule has 0 radical (unpaired) electrons. The molecule has 0 spiro atoms. The second-order valence-electron chi connectivity index (χ2n) is 7.90.